The van der Waals surface area contributed by atoms with Gasteiger partial charge in [-0.2, -0.15) is 0 Å². The molecule has 2 fully saturated rings. The number of hydrogen-bond donors (Lipinski definition) is 2. The third-order valence-corrected chi connectivity index (χ3v) is 4.15. The summed E-state index contributed by atoms with van der Waals surface area (Å²) in [6.07, 6.45) is 2.08. The number of nitrogens with zero attached hydrogens (tertiary/aromatic N) is 1. The van der Waals surface area contributed by atoms with Gasteiger partial charge < -0.3 is 20.1 Å². The van der Waals surface area contributed by atoms with Crippen molar-refractivity contribution in [2.45, 2.75) is 44.4 Å². The number of rotatable bonds is 3. The quantitative estimate of drug-likeness (QED) is 0.759. The van der Waals surface area contributed by atoms with E-state index in [-0.39, 0.29) is 18.1 Å². The van der Waals surface area contributed by atoms with Crippen LogP contribution in [0.25, 0.3) is 0 Å². The first-order valence-electron chi connectivity index (χ1n) is 6.82. The van der Waals surface area contributed by atoms with E-state index in [1.165, 1.54) is 4.90 Å². The molecule has 2 N–H and O–H groups in total. The third-order valence-electron chi connectivity index (χ3n) is 4.15. The zero-order chi connectivity index (χ0) is 14.0. The van der Waals surface area contributed by atoms with Gasteiger partial charge in [0, 0.05) is 20.2 Å². The molecule has 2 aliphatic rings. The van der Waals surface area contributed by atoms with Crippen LogP contribution in [-0.4, -0.2) is 60.3 Å². The van der Waals surface area contributed by atoms with Crippen LogP contribution in [0, 0.1) is 5.92 Å². The standard InChI is InChI=1S/C13H22N2O4/c1-8-3-4-15(11(5-8)13(17)18)12(16)10-6-9(19-2)7-14-10/h8-11,14H,3-7H2,1-2H3,(H,17,18). The largest absolute Gasteiger partial charge is 0.480 e. The molecule has 4 unspecified atom stereocenters. The number of nitrogens with one attached hydrogen (secondary N) is 1. The second-order valence-corrected chi connectivity index (χ2v) is 5.57. The minimum atomic E-state index is -0.902. The zero-order valence-corrected chi connectivity index (χ0v) is 11.5. The van der Waals surface area contributed by atoms with Crippen molar-refractivity contribution in [1.82, 2.24) is 10.2 Å². The van der Waals surface area contributed by atoms with Gasteiger partial charge in [0.05, 0.1) is 12.1 Å². The van der Waals surface area contributed by atoms with Crippen LogP contribution in [-0.2, 0) is 14.3 Å². The molecule has 0 aliphatic carbocycles. The second-order valence-electron chi connectivity index (χ2n) is 5.57. The first-order valence-corrected chi connectivity index (χ1v) is 6.82. The Morgan fingerprint density at radius 3 is 2.68 bits per heavy atom. The number of amides is 1. The van der Waals surface area contributed by atoms with E-state index in [0.29, 0.717) is 31.8 Å². The molecule has 6 nitrogen and oxygen atoms in total. The summed E-state index contributed by atoms with van der Waals surface area (Å²) in [4.78, 5) is 25.3. The number of methoxy groups -OCH3 is 1. The number of aliphatic carboxylic acids is 1. The summed E-state index contributed by atoms with van der Waals surface area (Å²) in [5.41, 5.74) is 0. The van der Waals surface area contributed by atoms with Crippen molar-refractivity contribution in [2.75, 3.05) is 20.2 Å². The van der Waals surface area contributed by atoms with Gasteiger partial charge in [0.25, 0.3) is 0 Å². The Morgan fingerprint density at radius 2 is 2.11 bits per heavy atom. The summed E-state index contributed by atoms with van der Waals surface area (Å²) in [6.45, 7) is 3.22. The van der Waals surface area contributed by atoms with Crippen molar-refractivity contribution < 1.29 is 19.4 Å². The zero-order valence-electron chi connectivity index (χ0n) is 11.5. The van der Waals surface area contributed by atoms with E-state index in [1.54, 1.807) is 7.11 Å². The van der Waals surface area contributed by atoms with Crippen LogP contribution in [0.5, 0.6) is 0 Å². The van der Waals surface area contributed by atoms with Gasteiger partial charge in [-0.15, -0.1) is 0 Å². The normalized spacial score (nSPS) is 35.4. The first-order chi connectivity index (χ1) is 9.02. The SMILES string of the molecule is COC1CNC(C(=O)N2CCC(C)CC2C(=O)O)C1. The molecule has 0 aromatic rings. The monoisotopic (exact) mass is 270 g/mol. The number of hydrogen-bond acceptors (Lipinski definition) is 4. The van der Waals surface area contributed by atoms with Crippen LogP contribution in [0.4, 0.5) is 0 Å². The lowest BCUT2D eigenvalue weighted by Crippen LogP contribution is -2.54. The van der Waals surface area contributed by atoms with E-state index in [0.717, 1.165) is 6.42 Å². The van der Waals surface area contributed by atoms with Crippen LogP contribution in [0.1, 0.15) is 26.2 Å². The van der Waals surface area contributed by atoms with Gasteiger partial charge >= 0.3 is 5.97 Å². The predicted molar refractivity (Wildman–Crippen MR) is 68.7 cm³/mol. The predicted octanol–water partition coefficient (Wildman–Crippen LogP) is 0.0750. The smallest absolute Gasteiger partial charge is 0.326 e. The fourth-order valence-electron chi connectivity index (χ4n) is 2.91. The third kappa shape index (κ3) is 3.06. The number of carboxylic acid groups (broad SMARTS) is 1. The molecule has 1 amide bonds. The summed E-state index contributed by atoms with van der Waals surface area (Å²) in [7, 11) is 1.63. The van der Waals surface area contributed by atoms with Crippen LogP contribution >= 0.6 is 0 Å². The number of carboxylic acids is 1. The van der Waals surface area contributed by atoms with Gasteiger partial charge in [0.15, 0.2) is 0 Å². The van der Waals surface area contributed by atoms with Gasteiger partial charge in [-0.1, -0.05) is 6.92 Å². The molecule has 0 saturated carbocycles. The Balaban J connectivity index is 2.02. The van der Waals surface area contributed by atoms with Crippen molar-refractivity contribution in [3.63, 3.8) is 0 Å². The lowest BCUT2D eigenvalue weighted by Gasteiger charge is -2.37. The van der Waals surface area contributed by atoms with E-state index >= 15 is 0 Å². The molecule has 108 valence electrons. The summed E-state index contributed by atoms with van der Waals surface area (Å²) in [6, 6.07) is -0.986. The lowest BCUT2D eigenvalue weighted by atomic mass is 9.91. The Labute approximate surface area is 113 Å². The van der Waals surface area contributed by atoms with E-state index in [4.69, 9.17) is 4.74 Å². The lowest BCUT2D eigenvalue weighted by molar-refractivity contribution is -0.153. The Morgan fingerprint density at radius 1 is 1.37 bits per heavy atom. The molecular weight excluding hydrogens is 248 g/mol. The maximum atomic E-state index is 12.4. The number of carbonyl (C=O) groups is 2. The average molecular weight is 270 g/mol. The summed E-state index contributed by atoms with van der Waals surface area (Å²) in [5, 5.41) is 12.4. The van der Waals surface area contributed by atoms with E-state index < -0.39 is 12.0 Å². The van der Waals surface area contributed by atoms with Crippen molar-refractivity contribution >= 4 is 11.9 Å². The minimum absolute atomic E-state index is 0.0425. The van der Waals surface area contributed by atoms with Gasteiger partial charge in [-0.25, -0.2) is 4.79 Å². The Kier molecular flexibility index (Phi) is 4.42. The van der Waals surface area contributed by atoms with Crippen molar-refractivity contribution in [2.24, 2.45) is 5.92 Å². The minimum Gasteiger partial charge on any atom is -0.480 e. The Bertz CT molecular complexity index is 361. The van der Waals surface area contributed by atoms with Gasteiger partial charge in [0.2, 0.25) is 5.91 Å². The summed E-state index contributed by atoms with van der Waals surface area (Å²) < 4.78 is 5.22. The van der Waals surface area contributed by atoms with E-state index in [2.05, 4.69) is 5.32 Å². The molecule has 0 radical (unpaired) electrons. The summed E-state index contributed by atoms with van der Waals surface area (Å²) in [5.74, 6) is -0.645. The first kappa shape index (κ1) is 14.3. The second kappa shape index (κ2) is 5.88. The highest BCUT2D eigenvalue weighted by molar-refractivity contribution is 5.87. The van der Waals surface area contributed by atoms with Crippen LogP contribution < -0.4 is 5.32 Å². The van der Waals surface area contributed by atoms with Crippen molar-refractivity contribution in [3.8, 4) is 0 Å². The fraction of sp³-hybridized carbons (Fsp3) is 0.846. The van der Waals surface area contributed by atoms with E-state index in [1.807, 2.05) is 6.92 Å². The van der Waals surface area contributed by atoms with Gasteiger partial charge in [-0.05, 0) is 25.2 Å². The number of likely N-dealkylation sites (tertiary alicyclic amines) is 1. The molecule has 0 aromatic heterocycles. The maximum absolute atomic E-state index is 12.4. The molecule has 6 heteroatoms. The van der Waals surface area contributed by atoms with Gasteiger partial charge in [-0.3, -0.25) is 4.79 Å². The highest BCUT2D eigenvalue weighted by Crippen LogP contribution is 2.24. The molecule has 0 spiro atoms. The molecule has 0 aromatic carbocycles. The fourth-order valence-corrected chi connectivity index (χ4v) is 2.91. The molecule has 19 heavy (non-hydrogen) atoms. The van der Waals surface area contributed by atoms with Crippen molar-refractivity contribution in [1.29, 1.82) is 0 Å². The number of piperidine rings is 1. The maximum Gasteiger partial charge on any atom is 0.326 e. The molecule has 2 heterocycles. The van der Waals surface area contributed by atoms with Crippen molar-refractivity contribution in [3.05, 3.63) is 0 Å². The van der Waals surface area contributed by atoms with E-state index in [9.17, 15) is 14.7 Å². The molecule has 0 bridgehead atoms. The Hall–Kier alpha value is -1.14. The molecule has 4 atom stereocenters. The molecular formula is C13H22N2O4. The summed E-state index contributed by atoms with van der Waals surface area (Å²) >= 11 is 0. The number of ether oxygens (including phenoxy) is 1. The topological polar surface area (TPSA) is 78.9 Å². The van der Waals surface area contributed by atoms with Crippen LogP contribution in [0.15, 0.2) is 0 Å². The van der Waals surface area contributed by atoms with Crippen LogP contribution in [0.3, 0.4) is 0 Å². The molecule has 2 rings (SSSR count). The molecule has 2 saturated heterocycles. The highest BCUT2D eigenvalue weighted by atomic mass is 16.5. The van der Waals surface area contributed by atoms with Gasteiger partial charge in [0.1, 0.15) is 6.04 Å². The highest BCUT2D eigenvalue weighted by Gasteiger charge is 2.39. The van der Waals surface area contributed by atoms with Crippen LogP contribution in [0.2, 0.25) is 0 Å². The number of carbonyl (C=O) groups excluding carboxylic acids is 1. The molecule has 2 aliphatic heterocycles. The average Bonchev–Trinajstić information content (AvgIpc) is 2.86.